The first-order valence-electron chi connectivity index (χ1n) is 3.94. The normalized spacial score (nSPS) is 9.80. The van der Waals surface area contributed by atoms with Crippen molar-refractivity contribution in [3.05, 3.63) is 0 Å². The van der Waals surface area contributed by atoms with Gasteiger partial charge in [0.25, 0.3) is 0 Å². The molecule has 0 rings (SSSR count). The summed E-state index contributed by atoms with van der Waals surface area (Å²) in [5.74, 6) is 1.92. The van der Waals surface area contributed by atoms with E-state index in [0.717, 1.165) is 11.8 Å². The molecule has 0 heterocycles. The third-order valence-electron chi connectivity index (χ3n) is 1.28. The predicted molar refractivity (Wildman–Crippen MR) is 52.3 cm³/mol. The van der Waals surface area contributed by atoms with Gasteiger partial charge in [-0.1, -0.05) is 0 Å². The Labute approximate surface area is 79.4 Å². The van der Waals surface area contributed by atoms with E-state index >= 15 is 0 Å². The smallest absolute Gasteiger partial charge is 0.147 e. The molecular weight excluding hydrogens is 201 g/mol. The minimum Gasteiger partial charge on any atom is -0.147 e. The van der Waals surface area contributed by atoms with Crippen LogP contribution in [0, 0.1) is 11.8 Å². The second-order valence-electron chi connectivity index (χ2n) is 3.55. The molecule has 0 aliphatic carbocycles. The van der Waals surface area contributed by atoms with Crippen molar-refractivity contribution in [2.24, 2.45) is 11.8 Å². The Morgan fingerprint density at radius 3 is 1.40 bits per heavy atom. The summed E-state index contributed by atoms with van der Waals surface area (Å²) in [5.41, 5.74) is 0. The third-order valence-corrected chi connectivity index (χ3v) is 6.63. The average Bonchev–Trinajstić information content (AvgIpc) is 1.63. The fourth-order valence-corrected chi connectivity index (χ4v) is 3.96. The van der Waals surface area contributed by atoms with Gasteiger partial charge < -0.3 is 0 Å². The molecule has 0 aromatic rings. The number of hydrogen-bond acceptors (Lipinski definition) is 0. The second kappa shape index (κ2) is 8.03. The first kappa shape index (κ1) is 13.5. The van der Waals surface area contributed by atoms with E-state index in [4.69, 9.17) is 0 Å². The molecule has 1 radical (unpaired) electrons. The monoisotopic (exact) mass is 219 g/mol. The van der Waals surface area contributed by atoms with Crippen LogP contribution < -0.4 is 0 Å². The van der Waals surface area contributed by atoms with Gasteiger partial charge in [0.1, 0.15) is 0 Å². The van der Waals surface area contributed by atoms with Gasteiger partial charge in [0.2, 0.25) is 0 Å². The fraction of sp³-hybridized carbons (Fsp3) is 1.00. The summed E-state index contributed by atoms with van der Waals surface area (Å²) >= 11 is 0.179. The van der Waals surface area contributed by atoms with Gasteiger partial charge >= 0.3 is 66.9 Å². The SMILES string of the molecule is CC(C)[CH2][Ga][CH2]C(C)C.Cl. The summed E-state index contributed by atoms with van der Waals surface area (Å²) in [4.78, 5) is 3.11. The van der Waals surface area contributed by atoms with E-state index in [1.165, 1.54) is 0 Å². The van der Waals surface area contributed by atoms with Gasteiger partial charge in [-0.05, 0) is 0 Å². The van der Waals surface area contributed by atoms with Crippen LogP contribution in [0.5, 0.6) is 0 Å². The first-order valence-corrected chi connectivity index (χ1v) is 7.37. The van der Waals surface area contributed by atoms with Crippen LogP contribution in [0.25, 0.3) is 0 Å². The van der Waals surface area contributed by atoms with Crippen LogP contribution in [0.4, 0.5) is 0 Å². The number of rotatable bonds is 4. The molecule has 0 unspecified atom stereocenters. The van der Waals surface area contributed by atoms with Gasteiger partial charge in [-0.15, -0.1) is 12.4 Å². The van der Waals surface area contributed by atoms with Crippen molar-refractivity contribution in [1.82, 2.24) is 0 Å². The third kappa shape index (κ3) is 11.7. The Hall–Kier alpha value is 0.926. The molecule has 0 aromatic carbocycles. The molecular formula is C8H19ClGa. The largest absolute Gasteiger partial charge is 0.147 e. The van der Waals surface area contributed by atoms with Gasteiger partial charge in [0.05, 0.1) is 0 Å². The van der Waals surface area contributed by atoms with Crippen LogP contribution in [0.15, 0.2) is 0 Å². The Morgan fingerprint density at radius 2 is 1.20 bits per heavy atom. The van der Waals surface area contributed by atoms with Crippen molar-refractivity contribution in [1.29, 1.82) is 0 Å². The van der Waals surface area contributed by atoms with Crippen LogP contribution in [-0.2, 0) is 0 Å². The molecule has 0 saturated carbocycles. The molecule has 0 amide bonds. The molecule has 0 nitrogen and oxygen atoms in total. The van der Waals surface area contributed by atoms with Crippen molar-refractivity contribution >= 4 is 29.8 Å². The van der Waals surface area contributed by atoms with E-state index in [1.807, 2.05) is 0 Å². The van der Waals surface area contributed by atoms with Gasteiger partial charge in [0, 0.05) is 0 Å². The van der Waals surface area contributed by atoms with Crippen molar-refractivity contribution in [3.63, 3.8) is 0 Å². The van der Waals surface area contributed by atoms with Crippen LogP contribution in [0.3, 0.4) is 0 Å². The minimum atomic E-state index is 0. The molecule has 0 fully saturated rings. The molecule has 0 aromatic heterocycles. The van der Waals surface area contributed by atoms with Gasteiger partial charge in [-0.2, -0.15) is 0 Å². The summed E-state index contributed by atoms with van der Waals surface area (Å²) in [5, 5.41) is 0. The summed E-state index contributed by atoms with van der Waals surface area (Å²) in [7, 11) is 0. The average molecular weight is 220 g/mol. The standard InChI is InChI=1S/2C4H9.ClH.Ga/c2*1-4(2)3;;/h2*4H,1H2,2-3H3;1H;. The van der Waals surface area contributed by atoms with E-state index in [2.05, 4.69) is 27.7 Å². The molecule has 0 saturated heterocycles. The molecule has 0 atom stereocenters. The van der Waals surface area contributed by atoms with Crippen molar-refractivity contribution in [3.8, 4) is 0 Å². The zero-order valence-corrected chi connectivity index (χ0v) is 10.8. The maximum Gasteiger partial charge on any atom is -0.147 e. The van der Waals surface area contributed by atoms with Gasteiger partial charge in [0.15, 0.2) is 0 Å². The molecule has 0 aliphatic heterocycles. The van der Waals surface area contributed by atoms with E-state index < -0.39 is 0 Å². The summed E-state index contributed by atoms with van der Waals surface area (Å²) in [6.45, 7) is 9.32. The minimum absolute atomic E-state index is 0. The maximum atomic E-state index is 2.33. The van der Waals surface area contributed by atoms with Crippen LogP contribution >= 0.6 is 12.4 Å². The summed E-state index contributed by atoms with van der Waals surface area (Å²) in [6.07, 6.45) is 0. The van der Waals surface area contributed by atoms with Gasteiger partial charge in [-0.25, -0.2) is 0 Å². The Morgan fingerprint density at radius 1 is 0.900 bits per heavy atom. The second-order valence-corrected chi connectivity index (χ2v) is 6.74. The number of hydrogen-bond donors (Lipinski definition) is 0. The van der Waals surface area contributed by atoms with Crippen LogP contribution in [0.1, 0.15) is 27.7 Å². The predicted octanol–water partition coefficient (Wildman–Crippen LogP) is 3.26. The topological polar surface area (TPSA) is 0 Å². The quantitative estimate of drug-likeness (QED) is 0.638. The Kier molecular flexibility index (Phi) is 10.8. The first-order chi connectivity index (χ1) is 4.13. The van der Waals surface area contributed by atoms with E-state index in [-0.39, 0.29) is 29.8 Å². The van der Waals surface area contributed by atoms with Crippen molar-refractivity contribution in [2.75, 3.05) is 0 Å². The van der Waals surface area contributed by atoms with Crippen molar-refractivity contribution in [2.45, 2.75) is 37.6 Å². The van der Waals surface area contributed by atoms with Crippen molar-refractivity contribution < 1.29 is 0 Å². The van der Waals surface area contributed by atoms with E-state index in [1.54, 1.807) is 9.95 Å². The molecule has 0 bridgehead atoms. The zero-order valence-electron chi connectivity index (χ0n) is 7.55. The zero-order chi connectivity index (χ0) is 7.28. The van der Waals surface area contributed by atoms with E-state index in [9.17, 15) is 0 Å². The molecule has 61 valence electrons. The number of halogens is 1. The molecule has 10 heavy (non-hydrogen) atoms. The molecule has 0 N–H and O–H groups in total. The van der Waals surface area contributed by atoms with Crippen LogP contribution in [0.2, 0.25) is 9.95 Å². The Balaban J connectivity index is 0. The summed E-state index contributed by atoms with van der Waals surface area (Å²) < 4.78 is 0. The van der Waals surface area contributed by atoms with Crippen LogP contribution in [-0.4, -0.2) is 17.4 Å². The molecule has 0 aliphatic rings. The Bertz CT molecular complexity index is 54.3. The molecule has 2 heteroatoms. The maximum absolute atomic E-state index is 2.33. The summed E-state index contributed by atoms with van der Waals surface area (Å²) in [6, 6.07) is 0. The molecule has 0 spiro atoms. The van der Waals surface area contributed by atoms with E-state index in [0.29, 0.717) is 0 Å². The fourth-order valence-electron chi connectivity index (χ4n) is 0.763. The van der Waals surface area contributed by atoms with Gasteiger partial charge in [-0.3, -0.25) is 0 Å².